The Morgan fingerprint density at radius 1 is 1.24 bits per heavy atom. The number of amides is 1. The Kier molecular flexibility index (Phi) is 6.64. The van der Waals surface area contributed by atoms with E-state index in [9.17, 15) is 13.2 Å². The van der Waals surface area contributed by atoms with E-state index in [1.54, 1.807) is 12.1 Å². The Hall–Kier alpha value is -1.60. The van der Waals surface area contributed by atoms with Crippen LogP contribution in [0.25, 0.3) is 0 Å². The van der Waals surface area contributed by atoms with Crippen molar-refractivity contribution in [3.8, 4) is 5.75 Å². The van der Waals surface area contributed by atoms with Crippen molar-refractivity contribution in [1.82, 2.24) is 10.0 Å². The fourth-order valence-corrected chi connectivity index (χ4v) is 2.84. The van der Waals surface area contributed by atoms with E-state index < -0.39 is 16.1 Å². The maximum absolute atomic E-state index is 12.2. The highest BCUT2D eigenvalue weighted by atomic mass is 32.2. The maximum atomic E-state index is 12.2. The summed E-state index contributed by atoms with van der Waals surface area (Å²) < 4.78 is 31.9. The zero-order valence-electron chi connectivity index (χ0n) is 12.5. The van der Waals surface area contributed by atoms with E-state index >= 15 is 0 Å². The summed E-state index contributed by atoms with van der Waals surface area (Å²) in [6, 6.07) is 5.24. The molecule has 0 saturated heterocycles. The van der Waals surface area contributed by atoms with Gasteiger partial charge in [-0.1, -0.05) is 6.92 Å². The van der Waals surface area contributed by atoms with Crippen molar-refractivity contribution in [2.45, 2.75) is 38.1 Å². The molecule has 0 bridgehead atoms. The van der Waals surface area contributed by atoms with Crippen LogP contribution in [0, 0.1) is 0 Å². The maximum Gasteiger partial charge on any atom is 0.241 e. The predicted octanol–water partition coefficient (Wildman–Crippen LogP) is 1.28. The van der Waals surface area contributed by atoms with Gasteiger partial charge in [-0.3, -0.25) is 4.79 Å². The Morgan fingerprint density at radius 2 is 1.86 bits per heavy atom. The van der Waals surface area contributed by atoms with Crippen LogP contribution in [0.3, 0.4) is 0 Å². The molecular formula is C14H22N2O4S. The summed E-state index contributed by atoms with van der Waals surface area (Å²) in [6.45, 7) is 6.32. The van der Waals surface area contributed by atoms with Gasteiger partial charge in [-0.2, -0.15) is 4.72 Å². The summed E-state index contributed by atoms with van der Waals surface area (Å²) in [5.41, 5.74) is 0. The average molecular weight is 314 g/mol. The van der Waals surface area contributed by atoms with E-state index in [2.05, 4.69) is 10.0 Å². The molecule has 0 heterocycles. The van der Waals surface area contributed by atoms with Crippen molar-refractivity contribution < 1.29 is 17.9 Å². The molecule has 6 nitrogen and oxygen atoms in total. The minimum absolute atomic E-state index is 0.0982. The molecule has 2 N–H and O–H groups in total. The van der Waals surface area contributed by atoms with E-state index in [-0.39, 0.29) is 10.8 Å². The first kappa shape index (κ1) is 17.5. The third-order valence-corrected chi connectivity index (χ3v) is 4.28. The van der Waals surface area contributed by atoms with Crippen molar-refractivity contribution in [3.63, 3.8) is 0 Å². The average Bonchev–Trinajstić information content (AvgIpc) is 2.45. The molecule has 0 aromatic heterocycles. The first-order valence-electron chi connectivity index (χ1n) is 6.93. The third-order valence-electron chi connectivity index (χ3n) is 2.72. The van der Waals surface area contributed by atoms with Gasteiger partial charge < -0.3 is 10.1 Å². The van der Waals surface area contributed by atoms with Gasteiger partial charge in [0.1, 0.15) is 5.75 Å². The van der Waals surface area contributed by atoms with Crippen LogP contribution in [0.2, 0.25) is 0 Å². The van der Waals surface area contributed by atoms with Crippen LogP contribution in [0.15, 0.2) is 29.2 Å². The summed E-state index contributed by atoms with van der Waals surface area (Å²) in [5, 5.41) is 2.65. The van der Waals surface area contributed by atoms with Gasteiger partial charge in [-0.25, -0.2) is 8.42 Å². The summed E-state index contributed by atoms with van der Waals surface area (Å²) in [5.74, 6) is 0.261. The fourth-order valence-electron chi connectivity index (χ4n) is 1.64. The largest absolute Gasteiger partial charge is 0.494 e. The highest BCUT2D eigenvalue weighted by Crippen LogP contribution is 2.16. The quantitative estimate of drug-likeness (QED) is 0.757. The normalized spacial score (nSPS) is 12.7. The van der Waals surface area contributed by atoms with Crippen LogP contribution >= 0.6 is 0 Å². The summed E-state index contributed by atoms with van der Waals surface area (Å²) >= 11 is 0. The van der Waals surface area contributed by atoms with Crippen molar-refractivity contribution in [1.29, 1.82) is 0 Å². The number of sulfonamides is 1. The molecule has 7 heteroatoms. The number of nitrogens with one attached hydrogen (secondary N) is 2. The number of carbonyl (C=O) groups is 1. The first-order chi connectivity index (χ1) is 9.90. The molecule has 1 aromatic rings. The molecule has 0 radical (unpaired) electrons. The van der Waals surface area contributed by atoms with E-state index in [0.717, 1.165) is 6.42 Å². The summed E-state index contributed by atoms with van der Waals surface area (Å²) in [4.78, 5) is 11.8. The minimum atomic E-state index is -3.73. The van der Waals surface area contributed by atoms with Crippen LogP contribution in [0.1, 0.15) is 27.2 Å². The Balaban J connectivity index is 2.74. The SMILES string of the molecule is CCCNC(=O)[C@@H](C)NS(=O)(=O)c1ccc(OCC)cc1. The van der Waals surface area contributed by atoms with Crippen LogP contribution in [0.4, 0.5) is 0 Å². The lowest BCUT2D eigenvalue weighted by Gasteiger charge is -2.14. The molecule has 0 aliphatic rings. The molecular weight excluding hydrogens is 292 g/mol. The standard InChI is InChI=1S/C14H22N2O4S/c1-4-10-15-14(17)11(3)16-21(18,19)13-8-6-12(7-9-13)20-5-2/h6-9,11,16H,4-5,10H2,1-3H3,(H,15,17)/t11-/m1/s1. The van der Waals surface area contributed by atoms with E-state index in [1.165, 1.54) is 19.1 Å². The van der Waals surface area contributed by atoms with Gasteiger partial charge in [-0.05, 0) is 44.5 Å². The molecule has 0 unspecified atom stereocenters. The Morgan fingerprint density at radius 3 is 2.38 bits per heavy atom. The van der Waals surface area contributed by atoms with Crippen molar-refractivity contribution >= 4 is 15.9 Å². The molecule has 0 saturated carbocycles. The molecule has 0 aliphatic carbocycles. The number of ether oxygens (including phenoxy) is 1. The van der Waals surface area contributed by atoms with Gasteiger partial charge in [0.05, 0.1) is 17.5 Å². The van der Waals surface area contributed by atoms with Crippen LogP contribution in [-0.4, -0.2) is 33.5 Å². The lowest BCUT2D eigenvalue weighted by molar-refractivity contribution is -0.122. The minimum Gasteiger partial charge on any atom is -0.494 e. The van der Waals surface area contributed by atoms with E-state index in [4.69, 9.17) is 4.74 Å². The van der Waals surface area contributed by atoms with Crippen LogP contribution < -0.4 is 14.8 Å². The van der Waals surface area contributed by atoms with Gasteiger partial charge in [0, 0.05) is 6.54 Å². The zero-order chi connectivity index (χ0) is 15.9. The van der Waals surface area contributed by atoms with E-state index in [1.807, 2.05) is 13.8 Å². The summed E-state index contributed by atoms with van der Waals surface area (Å²) in [7, 11) is -3.73. The molecule has 1 rings (SSSR count). The van der Waals surface area contributed by atoms with Gasteiger partial charge in [-0.15, -0.1) is 0 Å². The molecule has 1 atom stereocenters. The van der Waals surface area contributed by atoms with Crippen LogP contribution in [0.5, 0.6) is 5.75 Å². The number of hydrogen-bond donors (Lipinski definition) is 2. The number of benzene rings is 1. The molecule has 0 spiro atoms. The highest BCUT2D eigenvalue weighted by Gasteiger charge is 2.21. The van der Waals surface area contributed by atoms with E-state index in [0.29, 0.717) is 18.9 Å². The van der Waals surface area contributed by atoms with Crippen molar-refractivity contribution in [3.05, 3.63) is 24.3 Å². The summed E-state index contributed by atoms with van der Waals surface area (Å²) in [6.07, 6.45) is 0.796. The molecule has 21 heavy (non-hydrogen) atoms. The third kappa shape index (κ3) is 5.35. The van der Waals surface area contributed by atoms with Gasteiger partial charge in [0.15, 0.2) is 0 Å². The molecule has 0 fully saturated rings. The Labute approximate surface area is 125 Å². The predicted molar refractivity (Wildman–Crippen MR) is 80.7 cm³/mol. The molecule has 1 aromatic carbocycles. The van der Waals surface area contributed by atoms with Crippen LogP contribution in [-0.2, 0) is 14.8 Å². The highest BCUT2D eigenvalue weighted by molar-refractivity contribution is 7.89. The topological polar surface area (TPSA) is 84.5 Å². The molecule has 118 valence electrons. The monoisotopic (exact) mass is 314 g/mol. The number of carbonyl (C=O) groups excluding carboxylic acids is 1. The smallest absolute Gasteiger partial charge is 0.241 e. The van der Waals surface area contributed by atoms with Crippen molar-refractivity contribution in [2.24, 2.45) is 0 Å². The first-order valence-corrected chi connectivity index (χ1v) is 8.42. The van der Waals surface area contributed by atoms with Gasteiger partial charge in [0.25, 0.3) is 0 Å². The Bertz CT molecular complexity index is 555. The van der Waals surface area contributed by atoms with Gasteiger partial charge in [0.2, 0.25) is 15.9 Å². The number of hydrogen-bond acceptors (Lipinski definition) is 4. The lowest BCUT2D eigenvalue weighted by Crippen LogP contribution is -2.44. The number of rotatable bonds is 8. The second-order valence-electron chi connectivity index (χ2n) is 4.54. The van der Waals surface area contributed by atoms with Gasteiger partial charge >= 0.3 is 0 Å². The second-order valence-corrected chi connectivity index (χ2v) is 6.25. The fraction of sp³-hybridized carbons (Fsp3) is 0.500. The van der Waals surface area contributed by atoms with Crippen molar-refractivity contribution in [2.75, 3.05) is 13.2 Å². The lowest BCUT2D eigenvalue weighted by atomic mass is 10.3. The molecule has 1 amide bonds. The second kappa shape index (κ2) is 7.99. The molecule has 0 aliphatic heterocycles. The zero-order valence-corrected chi connectivity index (χ0v) is 13.4.